The van der Waals surface area contributed by atoms with E-state index in [9.17, 15) is 9.59 Å². The highest BCUT2D eigenvalue weighted by molar-refractivity contribution is 5.95. The van der Waals surface area contributed by atoms with Crippen LogP contribution in [0.3, 0.4) is 0 Å². The molecule has 0 unspecified atom stereocenters. The van der Waals surface area contributed by atoms with E-state index in [-0.39, 0.29) is 11.8 Å². The van der Waals surface area contributed by atoms with Gasteiger partial charge in [-0.2, -0.15) is 0 Å². The van der Waals surface area contributed by atoms with Gasteiger partial charge in [0.25, 0.3) is 5.91 Å². The first kappa shape index (κ1) is 17.5. The Kier molecular flexibility index (Phi) is 4.79. The Morgan fingerprint density at radius 1 is 0.963 bits per heavy atom. The zero-order valence-corrected chi connectivity index (χ0v) is 15.6. The predicted molar refractivity (Wildman–Crippen MR) is 104 cm³/mol. The fourth-order valence-corrected chi connectivity index (χ4v) is 3.90. The Morgan fingerprint density at radius 3 is 2.48 bits per heavy atom. The van der Waals surface area contributed by atoms with Gasteiger partial charge in [-0.25, -0.2) is 0 Å². The van der Waals surface area contributed by atoms with Crippen molar-refractivity contribution in [2.24, 2.45) is 0 Å². The van der Waals surface area contributed by atoms with Gasteiger partial charge in [0.1, 0.15) is 0 Å². The summed E-state index contributed by atoms with van der Waals surface area (Å²) in [5, 5.41) is 0. The first-order chi connectivity index (χ1) is 13.1. The molecule has 1 saturated heterocycles. The van der Waals surface area contributed by atoms with E-state index < -0.39 is 0 Å². The summed E-state index contributed by atoms with van der Waals surface area (Å²) in [6.07, 6.45) is 5.63. The number of benzene rings is 1. The summed E-state index contributed by atoms with van der Waals surface area (Å²) in [4.78, 5) is 34.6. The van der Waals surface area contributed by atoms with E-state index in [1.807, 2.05) is 23.2 Å². The molecule has 2 amide bonds. The van der Waals surface area contributed by atoms with Gasteiger partial charge in [0.2, 0.25) is 5.91 Å². The summed E-state index contributed by atoms with van der Waals surface area (Å²) in [5.74, 6) is 0.0485. The molecule has 0 aliphatic carbocycles. The molecule has 3 heterocycles. The molecule has 1 aromatic carbocycles. The molecule has 0 spiro atoms. The number of nitrogens with zero attached hydrogens (tertiary/aromatic N) is 4. The Hall–Kier alpha value is -2.89. The molecular formula is C21H24N4O2. The van der Waals surface area contributed by atoms with Gasteiger partial charge < -0.3 is 14.7 Å². The Morgan fingerprint density at radius 2 is 1.70 bits per heavy atom. The van der Waals surface area contributed by atoms with Gasteiger partial charge >= 0.3 is 0 Å². The third-order valence-electron chi connectivity index (χ3n) is 5.40. The lowest BCUT2D eigenvalue weighted by Crippen LogP contribution is -2.50. The van der Waals surface area contributed by atoms with Crippen molar-refractivity contribution >= 4 is 23.2 Å². The van der Waals surface area contributed by atoms with Crippen LogP contribution >= 0.6 is 0 Å². The van der Waals surface area contributed by atoms with Crippen molar-refractivity contribution < 1.29 is 9.59 Å². The van der Waals surface area contributed by atoms with E-state index in [2.05, 4.69) is 28.1 Å². The van der Waals surface area contributed by atoms with Gasteiger partial charge in [-0.1, -0.05) is 18.2 Å². The largest absolute Gasteiger partial charge is 0.340 e. The number of pyridine rings is 1. The maximum Gasteiger partial charge on any atom is 0.255 e. The highest BCUT2D eigenvalue weighted by atomic mass is 16.2. The average Bonchev–Trinajstić information content (AvgIpc) is 2.73. The average molecular weight is 364 g/mol. The van der Waals surface area contributed by atoms with Crippen molar-refractivity contribution in [1.29, 1.82) is 0 Å². The van der Waals surface area contributed by atoms with Crippen molar-refractivity contribution in [3.63, 3.8) is 0 Å². The number of anilines is 2. The van der Waals surface area contributed by atoms with Gasteiger partial charge in [0, 0.05) is 51.5 Å². The van der Waals surface area contributed by atoms with Crippen LogP contribution in [0.1, 0.15) is 29.3 Å². The van der Waals surface area contributed by atoms with E-state index in [0.717, 1.165) is 25.1 Å². The minimum absolute atomic E-state index is 0.0159. The molecule has 0 atom stereocenters. The first-order valence-electron chi connectivity index (χ1n) is 9.49. The van der Waals surface area contributed by atoms with Crippen LogP contribution in [-0.4, -0.2) is 59.3 Å². The van der Waals surface area contributed by atoms with E-state index in [4.69, 9.17) is 0 Å². The van der Waals surface area contributed by atoms with E-state index in [1.165, 1.54) is 11.3 Å². The van der Waals surface area contributed by atoms with E-state index in [0.29, 0.717) is 31.7 Å². The molecule has 0 bridgehead atoms. The summed E-state index contributed by atoms with van der Waals surface area (Å²) < 4.78 is 0. The fraction of sp³-hybridized carbons (Fsp3) is 0.381. The van der Waals surface area contributed by atoms with E-state index in [1.54, 1.807) is 18.0 Å². The van der Waals surface area contributed by atoms with Crippen molar-refractivity contribution in [3.8, 4) is 0 Å². The molecule has 2 aromatic rings. The van der Waals surface area contributed by atoms with Crippen LogP contribution < -0.4 is 4.90 Å². The SMILES string of the molecule is CC(=O)N1CCN(C(=O)c2cncc(N3CCCc4ccccc43)c2)CC1. The highest BCUT2D eigenvalue weighted by Gasteiger charge is 2.24. The Bertz CT molecular complexity index is 859. The van der Waals surface area contributed by atoms with Crippen molar-refractivity contribution in [2.75, 3.05) is 37.6 Å². The van der Waals surface area contributed by atoms with Crippen LogP contribution in [0.4, 0.5) is 11.4 Å². The molecule has 0 radical (unpaired) electrons. The molecule has 0 N–H and O–H groups in total. The number of hydrogen-bond donors (Lipinski definition) is 0. The minimum Gasteiger partial charge on any atom is -0.340 e. The molecule has 2 aliphatic rings. The number of carbonyl (C=O) groups excluding carboxylic acids is 2. The van der Waals surface area contributed by atoms with Gasteiger partial charge in [0.05, 0.1) is 17.4 Å². The van der Waals surface area contributed by atoms with E-state index >= 15 is 0 Å². The monoisotopic (exact) mass is 364 g/mol. The molecule has 4 rings (SSSR count). The normalized spacial score (nSPS) is 16.9. The lowest BCUT2D eigenvalue weighted by atomic mass is 10.0. The zero-order valence-electron chi connectivity index (χ0n) is 15.6. The summed E-state index contributed by atoms with van der Waals surface area (Å²) in [6, 6.07) is 10.4. The molecule has 6 heteroatoms. The number of para-hydroxylation sites is 1. The number of hydrogen-bond acceptors (Lipinski definition) is 4. The van der Waals surface area contributed by atoms with Gasteiger partial charge in [-0.15, -0.1) is 0 Å². The number of rotatable bonds is 2. The lowest BCUT2D eigenvalue weighted by Gasteiger charge is -2.34. The van der Waals surface area contributed by atoms with Gasteiger partial charge in [-0.05, 0) is 30.5 Å². The Balaban J connectivity index is 1.54. The van der Waals surface area contributed by atoms with Crippen LogP contribution in [0.5, 0.6) is 0 Å². The first-order valence-corrected chi connectivity index (χ1v) is 9.49. The number of fused-ring (bicyclic) bond motifs is 1. The molecule has 2 aliphatic heterocycles. The standard InChI is InChI=1S/C21H24N4O2/c1-16(26)23-9-11-24(12-10-23)21(27)18-13-19(15-22-14-18)25-8-4-6-17-5-2-3-7-20(17)25/h2-3,5,7,13-15H,4,6,8-12H2,1H3. The molecule has 1 fully saturated rings. The summed E-state index contributed by atoms with van der Waals surface area (Å²) >= 11 is 0. The molecule has 1 aromatic heterocycles. The number of carbonyl (C=O) groups is 2. The highest BCUT2D eigenvalue weighted by Crippen LogP contribution is 2.33. The van der Waals surface area contributed by atoms with Crippen molar-refractivity contribution in [3.05, 3.63) is 53.9 Å². The van der Waals surface area contributed by atoms with Crippen LogP contribution in [0.15, 0.2) is 42.7 Å². The fourth-order valence-electron chi connectivity index (χ4n) is 3.90. The molecule has 27 heavy (non-hydrogen) atoms. The van der Waals surface area contributed by atoms with Crippen LogP contribution in [0.25, 0.3) is 0 Å². The summed E-state index contributed by atoms with van der Waals surface area (Å²) in [6.45, 7) is 4.81. The quantitative estimate of drug-likeness (QED) is 0.821. The zero-order chi connectivity index (χ0) is 18.8. The van der Waals surface area contributed by atoms with Crippen LogP contribution in [0, 0.1) is 0 Å². The molecule has 6 nitrogen and oxygen atoms in total. The molecular weight excluding hydrogens is 340 g/mol. The second kappa shape index (κ2) is 7.39. The molecule has 140 valence electrons. The van der Waals surface area contributed by atoms with Crippen molar-refractivity contribution in [1.82, 2.24) is 14.8 Å². The number of aryl methyl sites for hydroxylation is 1. The van der Waals surface area contributed by atoms with Crippen LogP contribution in [-0.2, 0) is 11.2 Å². The smallest absolute Gasteiger partial charge is 0.255 e. The second-order valence-corrected chi connectivity index (χ2v) is 7.11. The topological polar surface area (TPSA) is 56.8 Å². The number of aromatic nitrogens is 1. The summed E-state index contributed by atoms with van der Waals surface area (Å²) in [7, 11) is 0. The predicted octanol–water partition coefficient (Wildman–Crippen LogP) is 2.47. The lowest BCUT2D eigenvalue weighted by molar-refractivity contribution is -0.130. The maximum absolute atomic E-state index is 12.9. The number of piperazine rings is 1. The van der Waals surface area contributed by atoms with Gasteiger partial charge in [-0.3, -0.25) is 14.6 Å². The van der Waals surface area contributed by atoms with Crippen molar-refractivity contribution in [2.45, 2.75) is 19.8 Å². The number of amides is 2. The summed E-state index contributed by atoms with van der Waals surface area (Å²) in [5.41, 5.74) is 4.09. The third-order valence-corrected chi connectivity index (χ3v) is 5.40. The molecule has 0 saturated carbocycles. The van der Waals surface area contributed by atoms with Crippen LogP contribution in [0.2, 0.25) is 0 Å². The maximum atomic E-state index is 12.9. The third kappa shape index (κ3) is 3.52. The minimum atomic E-state index is -0.0159. The Labute approximate surface area is 159 Å². The van der Waals surface area contributed by atoms with Gasteiger partial charge in [0.15, 0.2) is 0 Å². The second-order valence-electron chi connectivity index (χ2n) is 7.11.